The van der Waals surface area contributed by atoms with Gasteiger partial charge in [-0.05, 0) is 47.2 Å². The molecular formula is C21H24ClNO2. The van der Waals surface area contributed by atoms with Crippen molar-refractivity contribution in [1.82, 2.24) is 0 Å². The molecule has 0 bridgehead atoms. The summed E-state index contributed by atoms with van der Waals surface area (Å²) >= 11 is 5.89. The minimum absolute atomic E-state index is 0.00548. The first-order valence-electron chi connectivity index (χ1n) is 8.43. The number of hydrogen-bond donors (Lipinski definition) is 0. The van der Waals surface area contributed by atoms with Gasteiger partial charge in [0.2, 0.25) is 0 Å². The van der Waals surface area contributed by atoms with Crippen molar-refractivity contribution in [1.29, 1.82) is 5.26 Å². The number of nitriles is 1. The van der Waals surface area contributed by atoms with Gasteiger partial charge in [0.1, 0.15) is 30.8 Å². The molecule has 0 amide bonds. The van der Waals surface area contributed by atoms with E-state index in [9.17, 15) is 0 Å². The standard InChI is InChI=1S/C21H24ClNO2/c1-5-15-6-8-20(18(12-15)21(2,3)4)25-11-10-24-19-9-7-17(22)13-16(19)14-23/h6-9,12-13H,5,10-11H2,1-4H3. The third-order valence-corrected chi connectivity index (χ3v) is 4.16. The topological polar surface area (TPSA) is 42.2 Å². The SMILES string of the molecule is CCc1ccc(OCCOc2ccc(Cl)cc2C#N)c(C(C)(C)C)c1. The van der Waals surface area contributed by atoms with Gasteiger partial charge in [-0.2, -0.15) is 5.26 Å². The molecule has 0 atom stereocenters. The van der Waals surface area contributed by atoms with Crippen LogP contribution in [0.2, 0.25) is 5.02 Å². The normalized spacial score (nSPS) is 11.0. The van der Waals surface area contributed by atoms with Crippen LogP contribution in [-0.2, 0) is 11.8 Å². The maximum absolute atomic E-state index is 9.13. The first kappa shape index (κ1) is 19.1. The second kappa shape index (κ2) is 8.27. The maximum atomic E-state index is 9.13. The van der Waals surface area contributed by atoms with Gasteiger partial charge in [0.15, 0.2) is 0 Å². The van der Waals surface area contributed by atoms with E-state index in [1.807, 2.05) is 6.07 Å². The number of rotatable bonds is 6. The molecule has 0 N–H and O–H groups in total. The summed E-state index contributed by atoms with van der Waals surface area (Å²) in [4.78, 5) is 0. The van der Waals surface area contributed by atoms with Gasteiger partial charge >= 0.3 is 0 Å². The molecule has 2 aromatic rings. The predicted octanol–water partition coefficient (Wildman–Crippen LogP) is 5.53. The Labute approximate surface area is 155 Å². The smallest absolute Gasteiger partial charge is 0.137 e. The van der Waals surface area contributed by atoms with E-state index in [1.165, 1.54) is 11.1 Å². The lowest BCUT2D eigenvalue weighted by molar-refractivity contribution is 0.214. The molecule has 132 valence electrons. The molecular weight excluding hydrogens is 334 g/mol. The second-order valence-corrected chi connectivity index (χ2v) is 7.32. The van der Waals surface area contributed by atoms with E-state index in [2.05, 4.69) is 45.9 Å². The molecule has 4 heteroatoms. The molecule has 0 saturated heterocycles. The van der Waals surface area contributed by atoms with E-state index in [1.54, 1.807) is 18.2 Å². The van der Waals surface area contributed by atoms with Crippen molar-refractivity contribution >= 4 is 11.6 Å². The first-order valence-corrected chi connectivity index (χ1v) is 8.81. The average Bonchev–Trinajstić information content (AvgIpc) is 2.58. The lowest BCUT2D eigenvalue weighted by Crippen LogP contribution is -2.16. The van der Waals surface area contributed by atoms with Crippen molar-refractivity contribution in [2.24, 2.45) is 0 Å². The zero-order valence-corrected chi connectivity index (χ0v) is 16.0. The maximum Gasteiger partial charge on any atom is 0.137 e. The van der Waals surface area contributed by atoms with Crippen LogP contribution in [0.15, 0.2) is 36.4 Å². The van der Waals surface area contributed by atoms with Gasteiger partial charge in [0.05, 0.1) is 5.56 Å². The second-order valence-electron chi connectivity index (χ2n) is 6.88. The summed E-state index contributed by atoms with van der Waals surface area (Å²) in [6.45, 7) is 9.45. The van der Waals surface area contributed by atoms with Crippen molar-refractivity contribution in [3.63, 3.8) is 0 Å². The number of nitrogens with zero attached hydrogens (tertiary/aromatic N) is 1. The molecule has 0 saturated carbocycles. The zero-order chi connectivity index (χ0) is 18.4. The highest BCUT2D eigenvalue weighted by Crippen LogP contribution is 2.32. The molecule has 0 aromatic heterocycles. The molecule has 2 rings (SSSR count). The number of aryl methyl sites for hydroxylation is 1. The third kappa shape index (κ3) is 5.14. The lowest BCUT2D eigenvalue weighted by atomic mass is 9.85. The van der Waals surface area contributed by atoms with Crippen LogP contribution in [0, 0.1) is 11.3 Å². The lowest BCUT2D eigenvalue weighted by Gasteiger charge is -2.23. The summed E-state index contributed by atoms with van der Waals surface area (Å²) in [7, 11) is 0. The summed E-state index contributed by atoms with van der Waals surface area (Å²) in [5.74, 6) is 1.40. The Bertz CT molecular complexity index is 772. The predicted molar refractivity (Wildman–Crippen MR) is 102 cm³/mol. The highest BCUT2D eigenvalue weighted by molar-refractivity contribution is 6.30. The molecule has 0 spiro atoms. The summed E-state index contributed by atoms with van der Waals surface area (Å²) in [6, 6.07) is 13.4. The number of halogens is 1. The van der Waals surface area contributed by atoms with Gasteiger partial charge in [-0.15, -0.1) is 0 Å². The molecule has 25 heavy (non-hydrogen) atoms. The van der Waals surface area contributed by atoms with E-state index in [-0.39, 0.29) is 5.41 Å². The van der Waals surface area contributed by atoms with E-state index in [4.69, 9.17) is 26.3 Å². The highest BCUT2D eigenvalue weighted by Gasteiger charge is 2.19. The van der Waals surface area contributed by atoms with Crippen LogP contribution in [0.25, 0.3) is 0 Å². The fourth-order valence-electron chi connectivity index (χ4n) is 2.53. The Kier molecular flexibility index (Phi) is 6.33. The largest absolute Gasteiger partial charge is 0.490 e. The van der Waals surface area contributed by atoms with Gasteiger partial charge in [0, 0.05) is 5.02 Å². The molecule has 3 nitrogen and oxygen atoms in total. The monoisotopic (exact) mass is 357 g/mol. The van der Waals surface area contributed by atoms with Crippen LogP contribution in [0.4, 0.5) is 0 Å². The Hall–Kier alpha value is -2.18. The van der Waals surface area contributed by atoms with Crippen molar-refractivity contribution in [3.8, 4) is 17.6 Å². The number of hydrogen-bond acceptors (Lipinski definition) is 3. The van der Waals surface area contributed by atoms with Crippen molar-refractivity contribution in [2.75, 3.05) is 13.2 Å². The van der Waals surface area contributed by atoms with Gasteiger partial charge in [-0.25, -0.2) is 0 Å². The quantitative estimate of drug-likeness (QED) is 0.638. The molecule has 0 unspecified atom stereocenters. The minimum Gasteiger partial charge on any atom is -0.490 e. The van der Waals surface area contributed by atoms with Gasteiger partial charge in [0.25, 0.3) is 0 Å². The molecule has 2 aromatic carbocycles. The summed E-state index contributed by atoms with van der Waals surface area (Å²) < 4.78 is 11.6. The van der Waals surface area contributed by atoms with Crippen LogP contribution in [0.3, 0.4) is 0 Å². The molecule has 0 aliphatic rings. The van der Waals surface area contributed by atoms with Crippen LogP contribution < -0.4 is 9.47 Å². The zero-order valence-electron chi connectivity index (χ0n) is 15.2. The van der Waals surface area contributed by atoms with Crippen LogP contribution in [0.5, 0.6) is 11.5 Å². The van der Waals surface area contributed by atoms with E-state index < -0.39 is 0 Å². The Morgan fingerprint density at radius 2 is 1.64 bits per heavy atom. The summed E-state index contributed by atoms with van der Waals surface area (Å²) in [5.41, 5.74) is 2.92. The molecule has 0 radical (unpaired) electrons. The number of benzene rings is 2. The summed E-state index contributed by atoms with van der Waals surface area (Å²) in [5, 5.41) is 9.65. The highest BCUT2D eigenvalue weighted by atomic mass is 35.5. The van der Waals surface area contributed by atoms with Crippen LogP contribution >= 0.6 is 11.6 Å². The third-order valence-electron chi connectivity index (χ3n) is 3.92. The molecule has 0 heterocycles. The van der Waals surface area contributed by atoms with Crippen LogP contribution in [0.1, 0.15) is 44.4 Å². The fourth-order valence-corrected chi connectivity index (χ4v) is 2.70. The van der Waals surface area contributed by atoms with Crippen molar-refractivity contribution < 1.29 is 9.47 Å². The Morgan fingerprint density at radius 3 is 2.24 bits per heavy atom. The summed E-state index contributed by atoms with van der Waals surface area (Å²) in [6.07, 6.45) is 1.000. The van der Waals surface area contributed by atoms with E-state index in [0.717, 1.165) is 12.2 Å². The minimum atomic E-state index is 0.00548. The van der Waals surface area contributed by atoms with Gasteiger partial charge in [-0.1, -0.05) is 51.4 Å². The van der Waals surface area contributed by atoms with E-state index in [0.29, 0.717) is 29.5 Å². The van der Waals surface area contributed by atoms with Crippen molar-refractivity contribution in [2.45, 2.75) is 39.5 Å². The number of ether oxygens (including phenoxy) is 2. The Morgan fingerprint density at radius 1 is 1.00 bits per heavy atom. The van der Waals surface area contributed by atoms with E-state index >= 15 is 0 Å². The van der Waals surface area contributed by atoms with Gasteiger partial charge in [-0.3, -0.25) is 0 Å². The molecule has 0 aliphatic carbocycles. The Balaban J connectivity index is 2.02. The van der Waals surface area contributed by atoms with Crippen molar-refractivity contribution in [3.05, 3.63) is 58.1 Å². The molecule has 0 aliphatic heterocycles. The average molecular weight is 358 g/mol. The van der Waals surface area contributed by atoms with Gasteiger partial charge < -0.3 is 9.47 Å². The molecule has 0 fully saturated rings. The fraction of sp³-hybridized carbons (Fsp3) is 0.381. The van der Waals surface area contributed by atoms with Crippen LogP contribution in [-0.4, -0.2) is 13.2 Å². The first-order chi connectivity index (χ1) is 11.8.